The van der Waals surface area contributed by atoms with Crippen LogP contribution in [0.15, 0.2) is 24.3 Å². The van der Waals surface area contributed by atoms with Crippen LogP contribution in [0.2, 0.25) is 0 Å². The highest BCUT2D eigenvalue weighted by Crippen LogP contribution is 2.20. The van der Waals surface area contributed by atoms with Crippen LogP contribution in [0.4, 0.5) is 0 Å². The molecule has 0 aliphatic heterocycles. The summed E-state index contributed by atoms with van der Waals surface area (Å²) >= 11 is 0. The third-order valence-electron chi connectivity index (χ3n) is 4.02. The molecule has 2 heteroatoms. The van der Waals surface area contributed by atoms with Gasteiger partial charge in [-0.1, -0.05) is 52.0 Å². The summed E-state index contributed by atoms with van der Waals surface area (Å²) in [4.78, 5) is 2.33. The van der Waals surface area contributed by atoms with E-state index in [9.17, 15) is 5.11 Å². The van der Waals surface area contributed by atoms with Crippen LogP contribution in [-0.4, -0.2) is 29.1 Å². The molecule has 1 aromatic carbocycles. The summed E-state index contributed by atoms with van der Waals surface area (Å²) in [5, 5.41) is 10.4. The number of likely N-dealkylation sites (N-methyl/N-ethyl adjacent to an activating group) is 1. The molecule has 1 rings (SSSR count). The molecule has 0 aliphatic carbocycles. The fourth-order valence-corrected chi connectivity index (χ4v) is 2.31. The zero-order chi connectivity index (χ0) is 14.4. The molecule has 0 saturated heterocycles. The lowest BCUT2D eigenvalue weighted by Gasteiger charge is -2.29. The Morgan fingerprint density at radius 1 is 1.00 bits per heavy atom. The zero-order valence-corrected chi connectivity index (χ0v) is 13.1. The van der Waals surface area contributed by atoms with Crippen molar-refractivity contribution in [1.82, 2.24) is 4.90 Å². The minimum absolute atomic E-state index is 0.393. The van der Waals surface area contributed by atoms with Crippen LogP contribution in [0.3, 0.4) is 0 Å². The van der Waals surface area contributed by atoms with Gasteiger partial charge in [0, 0.05) is 12.6 Å². The van der Waals surface area contributed by atoms with Crippen molar-refractivity contribution in [3.63, 3.8) is 0 Å². The number of nitrogens with zero attached hydrogens (tertiary/aromatic N) is 1. The monoisotopic (exact) mass is 263 g/mol. The predicted octanol–water partition coefficient (Wildman–Crippen LogP) is 3.96. The molecule has 0 aromatic heterocycles. The van der Waals surface area contributed by atoms with Crippen molar-refractivity contribution in [3.8, 4) is 0 Å². The molecule has 2 nitrogen and oxygen atoms in total. The molecule has 0 radical (unpaired) electrons. The summed E-state index contributed by atoms with van der Waals surface area (Å²) in [7, 11) is 0. The Morgan fingerprint density at radius 3 is 1.95 bits per heavy atom. The molecule has 0 amide bonds. The van der Waals surface area contributed by atoms with Gasteiger partial charge in [-0.25, -0.2) is 0 Å². The molecule has 0 heterocycles. The fraction of sp³-hybridized carbons (Fsp3) is 0.647. The van der Waals surface area contributed by atoms with Crippen LogP contribution in [0.1, 0.15) is 64.2 Å². The SMILES string of the molecule is CCC(C)N(CC)CC(O)c1ccc(C(C)C)cc1. The smallest absolute Gasteiger partial charge is 0.0917 e. The van der Waals surface area contributed by atoms with E-state index in [0.29, 0.717) is 18.5 Å². The second-order valence-corrected chi connectivity index (χ2v) is 5.68. The molecule has 2 atom stereocenters. The maximum absolute atomic E-state index is 10.4. The van der Waals surface area contributed by atoms with Gasteiger partial charge in [0.15, 0.2) is 0 Å². The van der Waals surface area contributed by atoms with Crippen molar-refractivity contribution in [2.45, 2.75) is 59.1 Å². The topological polar surface area (TPSA) is 23.5 Å². The number of hydrogen-bond acceptors (Lipinski definition) is 2. The average molecular weight is 263 g/mol. The number of aliphatic hydroxyl groups is 1. The summed E-state index contributed by atoms with van der Waals surface area (Å²) in [5.74, 6) is 0.540. The van der Waals surface area contributed by atoms with Crippen molar-refractivity contribution in [2.24, 2.45) is 0 Å². The lowest BCUT2D eigenvalue weighted by molar-refractivity contribution is 0.0935. The normalized spacial score (nSPS) is 14.9. The van der Waals surface area contributed by atoms with E-state index in [2.05, 4.69) is 63.8 Å². The Balaban J connectivity index is 2.68. The molecule has 0 fully saturated rings. The predicted molar refractivity (Wildman–Crippen MR) is 82.5 cm³/mol. The molecule has 2 unspecified atom stereocenters. The van der Waals surface area contributed by atoms with Gasteiger partial charge < -0.3 is 5.11 Å². The van der Waals surface area contributed by atoms with Gasteiger partial charge in [0.2, 0.25) is 0 Å². The van der Waals surface area contributed by atoms with Crippen molar-refractivity contribution >= 4 is 0 Å². The standard InChI is InChI=1S/C17H29NO/c1-6-14(5)18(7-2)12-17(19)16-10-8-15(9-11-16)13(3)4/h8-11,13-14,17,19H,6-7,12H2,1-5H3. The van der Waals surface area contributed by atoms with Crippen LogP contribution in [0.5, 0.6) is 0 Å². The zero-order valence-electron chi connectivity index (χ0n) is 13.1. The highest BCUT2D eigenvalue weighted by molar-refractivity contribution is 5.26. The van der Waals surface area contributed by atoms with Crippen molar-refractivity contribution in [1.29, 1.82) is 0 Å². The van der Waals surface area contributed by atoms with Crippen LogP contribution in [-0.2, 0) is 0 Å². The lowest BCUT2D eigenvalue weighted by atomic mass is 9.99. The molecule has 0 saturated carbocycles. The first-order valence-electron chi connectivity index (χ1n) is 7.51. The molecule has 1 aromatic rings. The molecule has 19 heavy (non-hydrogen) atoms. The van der Waals surface area contributed by atoms with E-state index in [-0.39, 0.29) is 0 Å². The highest BCUT2D eigenvalue weighted by atomic mass is 16.3. The van der Waals surface area contributed by atoms with Crippen molar-refractivity contribution < 1.29 is 5.11 Å². The molecule has 108 valence electrons. The van der Waals surface area contributed by atoms with E-state index in [1.54, 1.807) is 0 Å². The summed E-state index contributed by atoms with van der Waals surface area (Å²) < 4.78 is 0. The van der Waals surface area contributed by atoms with Crippen molar-refractivity contribution in [2.75, 3.05) is 13.1 Å². The van der Waals surface area contributed by atoms with Crippen LogP contribution in [0, 0.1) is 0 Å². The quantitative estimate of drug-likeness (QED) is 0.805. The molecule has 0 spiro atoms. The fourth-order valence-electron chi connectivity index (χ4n) is 2.31. The van der Waals surface area contributed by atoms with E-state index < -0.39 is 6.10 Å². The lowest BCUT2D eigenvalue weighted by Crippen LogP contribution is -2.35. The first-order valence-corrected chi connectivity index (χ1v) is 7.51. The third-order valence-corrected chi connectivity index (χ3v) is 4.02. The number of rotatable bonds is 7. The van der Waals surface area contributed by atoms with Gasteiger partial charge in [-0.3, -0.25) is 4.90 Å². The molecule has 0 bridgehead atoms. The van der Waals surface area contributed by atoms with E-state index in [1.807, 2.05) is 0 Å². The largest absolute Gasteiger partial charge is 0.387 e. The summed E-state index contributed by atoms with van der Waals surface area (Å²) in [6, 6.07) is 8.90. The first-order chi connectivity index (χ1) is 8.99. The summed E-state index contributed by atoms with van der Waals surface area (Å²) in [6.45, 7) is 12.6. The molecular formula is C17H29NO. The van der Waals surface area contributed by atoms with Crippen LogP contribution >= 0.6 is 0 Å². The Hall–Kier alpha value is -0.860. The van der Waals surface area contributed by atoms with Gasteiger partial charge >= 0.3 is 0 Å². The van der Waals surface area contributed by atoms with E-state index in [1.165, 1.54) is 5.56 Å². The molecule has 0 aliphatic rings. The average Bonchev–Trinajstić information content (AvgIpc) is 2.43. The first kappa shape index (κ1) is 16.2. The number of benzene rings is 1. The maximum atomic E-state index is 10.4. The van der Waals surface area contributed by atoms with Crippen LogP contribution in [0.25, 0.3) is 0 Å². The third kappa shape index (κ3) is 4.63. The van der Waals surface area contributed by atoms with E-state index in [0.717, 1.165) is 18.5 Å². The van der Waals surface area contributed by atoms with Gasteiger partial charge in [0.05, 0.1) is 6.10 Å². The van der Waals surface area contributed by atoms with Gasteiger partial charge in [-0.2, -0.15) is 0 Å². The Bertz CT molecular complexity index is 358. The van der Waals surface area contributed by atoms with E-state index in [4.69, 9.17) is 0 Å². The Kier molecular flexibility index (Phi) is 6.53. The van der Waals surface area contributed by atoms with Gasteiger partial charge in [0.1, 0.15) is 0 Å². The summed E-state index contributed by atoms with van der Waals surface area (Å²) in [5.41, 5.74) is 2.34. The minimum Gasteiger partial charge on any atom is -0.387 e. The molecule has 1 N–H and O–H groups in total. The Morgan fingerprint density at radius 2 is 1.53 bits per heavy atom. The second-order valence-electron chi connectivity index (χ2n) is 5.68. The second kappa shape index (κ2) is 7.66. The number of hydrogen-bond donors (Lipinski definition) is 1. The number of aliphatic hydroxyl groups excluding tert-OH is 1. The Labute approximate surface area is 118 Å². The van der Waals surface area contributed by atoms with E-state index >= 15 is 0 Å². The summed E-state index contributed by atoms with van der Waals surface area (Å²) in [6.07, 6.45) is 0.725. The van der Waals surface area contributed by atoms with Crippen molar-refractivity contribution in [3.05, 3.63) is 35.4 Å². The van der Waals surface area contributed by atoms with Gasteiger partial charge in [-0.15, -0.1) is 0 Å². The molecular weight excluding hydrogens is 234 g/mol. The van der Waals surface area contributed by atoms with Gasteiger partial charge in [-0.05, 0) is 36.9 Å². The maximum Gasteiger partial charge on any atom is 0.0917 e. The van der Waals surface area contributed by atoms with Gasteiger partial charge in [0.25, 0.3) is 0 Å². The highest BCUT2D eigenvalue weighted by Gasteiger charge is 2.16. The van der Waals surface area contributed by atoms with Crippen LogP contribution < -0.4 is 0 Å². The minimum atomic E-state index is -0.393.